The lowest BCUT2D eigenvalue weighted by atomic mass is 9.85. The SMILES string of the molecule is Cl.NC1CCCC(C(=O)Nc2ccccc2)C1. The number of nitrogens with two attached hydrogens (primary N) is 1. The van der Waals surface area contributed by atoms with Crippen LogP contribution in [0.5, 0.6) is 0 Å². The average Bonchev–Trinajstić information content (AvgIpc) is 2.30. The van der Waals surface area contributed by atoms with E-state index in [4.69, 9.17) is 5.73 Å². The highest BCUT2D eigenvalue weighted by molar-refractivity contribution is 5.92. The molecular weight excluding hydrogens is 236 g/mol. The van der Waals surface area contributed by atoms with Crippen molar-refractivity contribution in [3.05, 3.63) is 30.3 Å². The van der Waals surface area contributed by atoms with Gasteiger partial charge in [0.2, 0.25) is 5.91 Å². The van der Waals surface area contributed by atoms with Gasteiger partial charge in [0, 0.05) is 17.6 Å². The van der Waals surface area contributed by atoms with Gasteiger partial charge in [-0.25, -0.2) is 0 Å². The third-order valence-electron chi connectivity index (χ3n) is 3.13. The molecule has 0 aliphatic heterocycles. The van der Waals surface area contributed by atoms with Gasteiger partial charge in [-0.3, -0.25) is 4.79 Å². The van der Waals surface area contributed by atoms with Gasteiger partial charge in [-0.15, -0.1) is 12.4 Å². The standard InChI is InChI=1S/C13H18N2O.ClH/c14-11-6-4-5-10(9-11)13(16)15-12-7-2-1-3-8-12;/h1-3,7-8,10-11H,4-6,9,14H2,(H,15,16);1H. The molecule has 1 amide bonds. The number of benzene rings is 1. The molecule has 0 aromatic heterocycles. The topological polar surface area (TPSA) is 55.1 Å². The normalized spacial score (nSPS) is 23.6. The van der Waals surface area contributed by atoms with E-state index in [1.807, 2.05) is 30.3 Å². The molecule has 3 N–H and O–H groups in total. The molecule has 1 saturated carbocycles. The minimum Gasteiger partial charge on any atom is -0.328 e. The van der Waals surface area contributed by atoms with Crippen LogP contribution in [0, 0.1) is 5.92 Å². The number of halogens is 1. The molecule has 1 aromatic carbocycles. The quantitative estimate of drug-likeness (QED) is 0.852. The van der Waals surface area contributed by atoms with E-state index in [9.17, 15) is 4.79 Å². The third-order valence-corrected chi connectivity index (χ3v) is 3.13. The van der Waals surface area contributed by atoms with Crippen LogP contribution in [0.2, 0.25) is 0 Å². The number of anilines is 1. The summed E-state index contributed by atoms with van der Waals surface area (Å²) in [6, 6.07) is 9.78. The Morgan fingerprint density at radius 2 is 1.94 bits per heavy atom. The van der Waals surface area contributed by atoms with Gasteiger partial charge >= 0.3 is 0 Å². The van der Waals surface area contributed by atoms with Crippen LogP contribution in [0.25, 0.3) is 0 Å². The molecular formula is C13H19ClN2O. The predicted octanol–water partition coefficient (Wildman–Crippen LogP) is 2.56. The van der Waals surface area contributed by atoms with Gasteiger partial charge in [0.05, 0.1) is 0 Å². The summed E-state index contributed by atoms with van der Waals surface area (Å²) < 4.78 is 0. The van der Waals surface area contributed by atoms with E-state index in [1.165, 1.54) is 0 Å². The number of hydrogen-bond donors (Lipinski definition) is 2. The first-order valence-electron chi connectivity index (χ1n) is 5.87. The highest BCUT2D eigenvalue weighted by Gasteiger charge is 2.25. The van der Waals surface area contributed by atoms with E-state index in [0.717, 1.165) is 31.4 Å². The van der Waals surface area contributed by atoms with Crippen LogP contribution < -0.4 is 11.1 Å². The largest absolute Gasteiger partial charge is 0.328 e. The molecule has 0 radical (unpaired) electrons. The zero-order chi connectivity index (χ0) is 11.4. The molecule has 3 nitrogen and oxygen atoms in total. The van der Waals surface area contributed by atoms with E-state index < -0.39 is 0 Å². The van der Waals surface area contributed by atoms with Crippen LogP contribution in [0.1, 0.15) is 25.7 Å². The van der Waals surface area contributed by atoms with Crippen molar-refractivity contribution in [3.63, 3.8) is 0 Å². The van der Waals surface area contributed by atoms with Crippen LogP contribution in [0.4, 0.5) is 5.69 Å². The molecule has 0 spiro atoms. The van der Waals surface area contributed by atoms with E-state index in [-0.39, 0.29) is 30.3 Å². The first-order chi connectivity index (χ1) is 7.75. The maximum atomic E-state index is 11.9. The van der Waals surface area contributed by atoms with Crippen LogP contribution in [0.15, 0.2) is 30.3 Å². The highest BCUT2D eigenvalue weighted by atomic mass is 35.5. The monoisotopic (exact) mass is 254 g/mol. The fourth-order valence-corrected chi connectivity index (χ4v) is 2.23. The molecule has 2 atom stereocenters. The first-order valence-corrected chi connectivity index (χ1v) is 5.87. The molecule has 1 aliphatic carbocycles. The Labute approximate surface area is 108 Å². The molecule has 0 heterocycles. The van der Waals surface area contributed by atoms with Crippen molar-refractivity contribution in [2.75, 3.05) is 5.32 Å². The van der Waals surface area contributed by atoms with Crippen molar-refractivity contribution in [1.29, 1.82) is 0 Å². The van der Waals surface area contributed by atoms with Crippen LogP contribution >= 0.6 is 12.4 Å². The van der Waals surface area contributed by atoms with Crippen LogP contribution in [-0.2, 0) is 4.79 Å². The molecule has 0 saturated heterocycles. The summed E-state index contributed by atoms with van der Waals surface area (Å²) in [5.41, 5.74) is 6.74. The second kappa shape index (κ2) is 6.62. The highest BCUT2D eigenvalue weighted by Crippen LogP contribution is 2.24. The van der Waals surface area contributed by atoms with Gasteiger partial charge in [0.15, 0.2) is 0 Å². The molecule has 2 rings (SSSR count). The van der Waals surface area contributed by atoms with E-state index in [2.05, 4.69) is 5.32 Å². The number of amides is 1. The van der Waals surface area contributed by atoms with Gasteiger partial charge in [0.25, 0.3) is 0 Å². The molecule has 4 heteroatoms. The number of para-hydroxylation sites is 1. The predicted molar refractivity (Wildman–Crippen MR) is 72.3 cm³/mol. The summed E-state index contributed by atoms with van der Waals surface area (Å²) in [5.74, 6) is 0.199. The van der Waals surface area contributed by atoms with Crippen LogP contribution in [0.3, 0.4) is 0 Å². The Hall–Kier alpha value is -1.06. The summed E-state index contributed by atoms with van der Waals surface area (Å²) >= 11 is 0. The first kappa shape index (κ1) is 14.0. The molecule has 0 bridgehead atoms. The van der Waals surface area contributed by atoms with Gasteiger partial charge in [-0.2, -0.15) is 0 Å². The smallest absolute Gasteiger partial charge is 0.227 e. The fourth-order valence-electron chi connectivity index (χ4n) is 2.23. The minimum atomic E-state index is 0. The van der Waals surface area contributed by atoms with Crippen molar-refractivity contribution >= 4 is 24.0 Å². The van der Waals surface area contributed by atoms with Gasteiger partial charge in [-0.05, 0) is 31.4 Å². The van der Waals surface area contributed by atoms with Crippen molar-refractivity contribution < 1.29 is 4.79 Å². The molecule has 1 aliphatic rings. The van der Waals surface area contributed by atoms with Gasteiger partial charge < -0.3 is 11.1 Å². The molecule has 1 fully saturated rings. The maximum Gasteiger partial charge on any atom is 0.227 e. The lowest BCUT2D eigenvalue weighted by Gasteiger charge is -2.25. The average molecular weight is 255 g/mol. The lowest BCUT2D eigenvalue weighted by Crippen LogP contribution is -2.34. The van der Waals surface area contributed by atoms with Crippen LogP contribution in [-0.4, -0.2) is 11.9 Å². The summed E-state index contributed by atoms with van der Waals surface area (Å²) in [4.78, 5) is 11.9. The molecule has 2 unspecified atom stereocenters. The fraction of sp³-hybridized carbons (Fsp3) is 0.462. The molecule has 1 aromatic rings. The van der Waals surface area contributed by atoms with Gasteiger partial charge in [-0.1, -0.05) is 24.6 Å². The minimum absolute atomic E-state index is 0. The second-order valence-corrected chi connectivity index (χ2v) is 4.48. The summed E-state index contributed by atoms with van der Waals surface area (Å²) in [7, 11) is 0. The zero-order valence-electron chi connectivity index (χ0n) is 9.76. The zero-order valence-corrected chi connectivity index (χ0v) is 10.6. The Morgan fingerprint density at radius 3 is 2.59 bits per heavy atom. The third kappa shape index (κ3) is 4.02. The van der Waals surface area contributed by atoms with Gasteiger partial charge in [0.1, 0.15) is 0 Å². The Morgan fingerprint density at radius 1 is 1.24 bits per heavy atom. The van der Waals surface area contributed by atoms with E-state index in [1.54, 1.807) is 0 Å². The maximum absolute atomic E-state index is 11.9. The molecule has 94 valence electrons. The number of carbonyl (C=O) groups excluding carboxylic acids is 1. The number of hydrogen-bond acceptors (Lipinski definition) is 2. The second-order valence-electron chi connectivity index (χ2n) is 4.48. The van der Waals surface area contributed by atoms with Crippen molar-refractivity contribution in [2.24, 2.45) is 11.7 Å². The van der Waals surface area contributed by atoms with Crippen molar-refractivity contribution in [1.82, 2.24) is 0 Å². The lowest BCUT2D eigenvalue weighted by molar-refractivity contribution is -0.120. The van der Waals surface area contributed by atoms with E-state index >= 15 is 0 Å². The Bertz CT molecular complexity index is 356. The summed E-state index contributed by atoms with van der Waals surface area (Å²) in [6.07, 6.45) is 3.90. The van der Waals surface area contributed by atoms with E-state index in [0.29, 0.717) is 0 Å². The number of rotatable bonds is 2. The Balaban J connectivity index is 0.00000144. The molecule has 17 heavy (non-hydrogen) atoms. The number of nitrogens with one attached hydrogen (secondary N) is 1. The summed E-state index contributed by atoms with van der Waals surface area (Å²) in [6.45, 7) is 0. The Kier molecular flexibility index (Phi) is 5.45. The summed E-state index contributed by atoms with van der Waals surface area (Å²) in [5, 5.41) is 2.94. The number of carbonyl (C=O) groups is 1. The van der Waals surface area contributed by atoms with Crippen molar-refractivity contribution in [3.8, 4) is 0 Å². The van der Waals surface area contributed by atoms with Crippen molar-refractivity contribution in [2.45, 2.75) is 31.7 Å².